The van der Waals surface area contributed by atoms with Gasteiger partial charge in [-0.2, -0.15) is 5.26 Å². The van der Waals surface area contributed by atoms with Gasteiger partial charge < -0.3 is 15.4 Å². The zero-order valence-electron chi connectivity index (χ0n) is 19.8. The lowest BCUT2D eigenvalue weighted by atomic mass is 9.69. The van der Waals surface area contributed by atoms with Crippen molar-refractivity contribution in [2.24, 2.45) is 5.41 Å². The Morgan fingerprint density at radius 2 is 1.89 bits per heavy atom. The SMILES string of the molecule is COc1ccc(C2C(C#N)=C(SCC(=O)Nc3ccc(F)cc3)NC3=C2C(=O)CC(C)(C)C3)cc1. The molecule has 2 aromatic rings. The molecule has 8 heteroatoms. The molecule has 2 aromatic carbocycles. The Bertz CT molecular complexity index is 1260. The molecule has 2 aliphatic rings. The van der Waals surface area contributed by atoms with E-state index in [1.807, 2.05) is 38.1 Å². The molecule has 1 heterocycles. The lowest BCUT2D eigenvalue weighted by Gasteiger charge is -2.39. The van der Waals surface area contributed by atoms with Gasteiger partial charge in [0.05, 0.1) is 35.5 Å². The van der Waals surface area contributed by atoms with Crippen LogP contribution in [0, 0.1) is 22.6 Å². The van der Waals surface area contributed by atoms with E-state index in [4.69, 9.17) is 4.74 Å². The molecule has 4 rings (SSSR count). The average molecular weight is 492 g/mol. The largest absolute Gasteiger partial charge is 0.497 e. The number of ketones is 1. The maximum Gasteiger partial charge on any atom is 0.234 e. The molecule has 1 amide bonds. The molecule has 1 aliphatic heterocycles. The number of thioether (sulfide) groups is 1. The molecule has 1 aliphatic carbocycles. The summed E-state index contributed by atoms with van der Waals surface area (Å²) in [6.45, 7) is 4.09. The van der Waals surface area contributed by atoms with E-state index >= 15 is 0 Å². The molecule has 0 radical (unpaired) electrons. The van der Waals surface area contributed by atoms with E-state index in [2.05, 4.69) is 16.7 Å². The van der Waals surface area contributed by atoms with E-state index in [0.29, 0.717) is 40.5 Å². The molecule has 0 fully saturated rings. The number of methoxy groups -OCH3 is 1. The maximum atomic E-state index is 13.3. The van der Waals surface area contributed by atoms with Crippen molar-refractivity contribution in [1.82, 2.24) is 5.32 Å². The molecule has 0 saturated carbocycles. The number of benzene rings is 2. The average Bonchev–Trinajstić information content (AvgIpc) is 2.82. The quantitative estimate of drug-likeness (QED) is 0.572. The summed E-state index contributed by atoms with van der Waals surface area (Å²) in [4.78, 5) is 25.8. The first-order chi connectivity index (χ1) is 16.7. The third-order valence-electron chi connectivity index (χ3n) is 6.05. The summed E-state index contributed by atoms with van der Waals surface area (Å²) >= 11 is 1.21. The Morgan fingerprint density at radius 1 is 1.20 bits per heavy atom. The van der Waals surface area contributed by atoms with Gasteiger partial charge in [-0.25, -0.2) is 4.39 Å². The molecular formula is C27H26FN3O3S. The van der Waals surface area contributed by atoms with Crippen molar-refractivity contribution in [1.29, 1.82) is 5.26 Å². The summed E-state index contributed by atoms with van der Waals surface area (Å²) in [7, 11) is 1.58. The molecule has 0 saturated heterocycles. The van der Waals surface area contributed by atoms with E-state index in [1.54, 1.807) is 7.11 Å². The molecule has 6 nitrogen and oxygen atoms in total. The van der Waals surface area contributed by atoms with Crippen molar-refractivity contribution in [3.05, 3.63) is 81.8 Å². The first-order valence-corrected chi connectivity index (χ1v) is 12.2. The number of nitrogens with zero attached hydrogens (tertiary/aromatic N) is 1. The van der Waals surface area contributed by atoms with E-state index < -0.39 is 5.92 Å². The fraction of sp³-hybridized carbons (Fsp3) is 0.296. The number of carbonyl (C=O) groups is 2. The highest BCUT2D eigenvalue weighted by Crippen LogP contribution is 2.48. The van der Waals surface area contributed by atoms with Crippen molar-refractivity contribution in [2.75, 3.05) is 18.2 Å². The van der Waals surface area contributed by atoms with Gasteiger partial charge in [0.15, 0.2) is 5.78 Å². The third-order valence-corrected chi connectivity index (χ3v) is 7.07. The number of hydrogen-bond donors (Lipinski definition) is 2. The molecule has 1 unspecified atom stereocenters. The summed E-state index contributed by atoms with van der Waals surface area (Å²) in [5.41, 5.74) is 2.91. The van der Waals surface area contributed by atoms with Crippen molar-refractivity contribution >= 4 is 29.1 Å². The molecule has 2 N–H and O–H groups in total. The number of nitriles is 1. The second kappa shape index (κ2) is 9.96. The van der Waals surface area contributed by atoms with Crippen LogP contribution in [0.25, 0.3) is 0 Å². The van der Waals surface area contributed by atoms with Gasteiger partial charge in [0, 0.05) is 23.4 Å². The molecular weight excluding hydrogens is 465 g/mol. The molecule has 35 heavy (non-hydrogen) atoms. The van der Waals surface area contributed by atoms with Crippen LogP contribution in [0.4, 0.5) is 10.1 Å². The van der Waals surface area contributed by atoms with Crippen LogP contribution in [0.15, 0.2) is 70.4 Å². The number of halogens is 1. The minimum Gasteiger partial charge on any atom is -0.497 e. The number of carbonyl (C=O) groups excluding carboxylic acids is 2. The predicted molar refractivity (Wildman–Crippen MR) is 134 cm³/mol. The number of rotatable bonds is 6. The summed E-state index contributed by atoms with van der Waals surface area (Å²) in [6, 6.07) is 15.2. The number of nitrogens with one attached hydrogen (secondary N) is 2. The zero-order chi connectivity index (χ0) is 25.2. The third kappa shape index (κ3) is 5.41. The second-order valence-electron chi connectivity index (χ2n) is 9.36. The topological polar surface area (TPSA) is 91.2 Å². The van der Waals surface area contributed by atoms with E-state index in [-0.39, 0.29) is 28.7 Å². The molecule has 0 spiro atoms. The fourth-order valence-corrected chi connectivity index (χ4v) is 5.35. The van der Waals surface area contributed by atoms with Gasteiger partial charge in [-0.3, -0.25) is 9.59 Å². The van der Waals surface area contributed by atoms with Gasteiger partial charge in [0.2, 0.25) is 5.91 Å². The van der Waals surface area contributed by atoms with Crippen molar-refractivity contribution in [3.8, 4) is 11.8 Å². The maximum absolute atomic E-state index is 13.3. The summed E-state index contributed by atoms with van der Waals surface area (Å²) in [5.74, 6) is -0.438. The van der Waals surface area contributed by atoms with Crippen LogP contribution in [0.5, 0.6) is 5.75 Å². The molecule has 0 aromatic heterocycles. The predicted octanol–water partition coefficient (Wildman–Crippen LogP) is 5.27. The molecule has 1 atom stereocenters. The first kappa shape index (κ1) is 24.6. The number of hydrogen-bond acceptors (Lipinski definition) is 6. The highest BCUT2D eigenvalue weighted by atomic mass is 32.2. The van der Waals surface area contributed by atoms with Crippen molar-refractivity contribution in [3.63, 3.8) is 0 Å². The number of allylic oxidation sites excluding steroid dienone is 3. The minimum atomic E-state index is -0.520. The second-order valence-corrected chi connectivity index (χ2v) is 10.3. The first-order valence-electron chi connectivity index (χ1n) is 11.2. The Hall–Kier alpha value is -3.57. The van der Waals surface area contributed by atoms with Gasteiger partial charge in [0.25, 0.3) is 0 Å². The number of Topliss-reactive ketones (excluding diaryl/α,β-unsaturated/α-hetero) is 1. The van der Waals surface area contributed by atoms with Crippen LogP contribution < -0.4 is 15.4 Å². The highest BCUT2D eigenvalue weighted by molar-refractivity contribution is 8.03. The van der Waals surface area contributed by atoms with Crippen molar-refractivity contribution < 1.29 is 18.7 Å². The standard InChI is InChI=1S/C27H26FN3O3S/c1-27(2)12-21-25(22(32)13-27)24(16-4-10-19(34-3)11-5-16)20(14-29)26(31-21)35-15-23(33)30-18-8-6-17(28)7-9-18/h4-11,24,31H,12-13,15H2,1-3H3,(H,30,33). The number of dihydropyridines is 1. The number of ether oxygens (including phenoxy) is 1. The normalized spacial score (nSPS) is 18.9. The van der Waals surface area contributed by atoms with Gasteiger partial charge in [-0.15, -0.1) is 0 Å². The molecule has 0 bridgehead atoms. The van der Waals surface area contributed by atoms with Crippen LogP contribution in [0.3, 0.4) is 0 Å². The highest BCUT2D eigenvalue weighted by Gasteiger charge is 2.42. The van der Waals surface area contributed by atoms with Gasteiger partial charge in [-0.1, -0.05) is 37.7 Å². The number of anilines is 1. The van der Waals surface area contributed by atoms with Gasteiger partial charge in [-0.05, 0) is 53.8 Å². The van der Waals surface area contributed by atoms with E-state index in [9.17, 15) is 19.2 Å². The van der Waals surface area contributed by atoms with E-state index in [1.165, 1.54) is 36.0 Å². The Kier molecular flexibility index (Phi) is 6.99. The van der Waals surface area contributed by atoms with Crippen LogP contribution in [-0.2, 0) is 9.59 Å². The monoisotopic (exact) mass is 491 g/mol. The fourth-order valence-electron chi connectivity index (χ4n) is 4.49. The van der Waals surface area contributed by atoms with Crippen molar-refractivity contribution in [2.45, 2.75) is 32.6 Å². The minimum absolute atomic E-state index is 0.0235. The summed E-state index contributed by atoms with van der Waals surface area (Å²) in [6.07, 6.45) is 1.06. The van der Waals surface area contributed by atoms with Gasteiger partial charge >= 0.3 is 0 Å². The Balaban J connectivity index is 1.64. The van der Waals surface area contributed by atoms with Gasteiger partial charge in [0.1, 0.15) is 11.6 Å². The van der Waals surface area contributed by atoms with Crippen LogP contribution in [-0.4, -0.2) is 24.6 Å². The summed E-state index contributed by atoms with van der Waals surface area (Å²) < 4.78 is 18.4. The smallest absolute Gasteiger partial charge is 0.234 e. The van der Waals surface area contributed by atoms with Crippen LogP contribution in [0.2, 0.25) is 0 Å². The van der Waals surface area contributed by atoms with Crippen LogP contribution in [0.1, 0.15) is 38.2 Å². The summed E-state index contributed by atoms with van der Waals surface area (Å²) in [5, 5.41) is 16.8. The van der Waals surface area contributed by atoms with Crippen LogP contribution >= 0.6 is 11.8 Å². The Labute approximate surface area is 208 Å². The zero-order valence-corrected chi connectivity index (χ0v) is 20.6. The number of amides is 1. The molecule has 180 valence electrons. The lowest BCUT2D eigenvalue weighted by Crippen LogP contribution is -2.37. The Morgan fingerprint density at radius 3 is 2.51 bits per heavy atom. The van der Waals surface area contributed by atoms with E-state index in [0.717, 1.165) is 11.3 Å². The lowest BCUT2D eigenvalue weighted by molar-refractivity contribution is -0.118.